The van der Waals surface area contributed by atoms with Crippen molar-refractivity contribution in [3.63, 3.8) is 0 Å². The zero-order valence-corrected chi connectivity index (χ0v) is 12.8. The van der Waals surface area contributed by atoms with Crippen LogP contribution in [-0.2, 0) is 0 Å². The SMILES string of the molecule is CCCC1CCCCN1CC(O)c1cc2ccccc2o1. The Kier molecular flexibility index (Phi) is 4.61. The minimum absolute atomic E-state index is 0.533. The van der Waals surface area contributed by atoms with E-state index in [4.69, 9.17) is 4.42 Å². The molecule has 2 heterocycles. The number of benzene rings is 1. The third kappa shape index (κ3) is 3.30. The minimum atomic E-state index is -0.533. The molecule has 114 valence electrons. The number of β-amino-alcohol motifs (C(OH)–C–C–N with tert-alkyl or cyclic N) is 1. The van der Waals surface area contributed by atoms with Crippen molar-refractivity contribution in [1.82, 2.24) is 4.90 Å². The van der Waals surface area contributed by atoms with E-state index in [1.807, 2.05) is 30.3 Å². The van der Waals surface area contributed by atoms with Gasteiger partial charge in [0.05, 0.1) is 0 Å². The van der Waals surface area contributed by atoms with Crippen LogP contribution in [0.15, 0.2) is 34.7 Å². The van der Waals surface area contributed by atoms with Gasteiger partial charge in [0.2, 0.25) is 0 Å². The van der Waals surface area contributed by atoms with Gasteiger partial charge < -0.3 is 9.52 Å². The Bertz CT molecular complexity index is 542. The molecule has 0 spiro atoms. The van der Waals surface area contributed by atoms with Crippen LogP contribution >= 0.6 is 0 Å². The summed E-state index contributed by atoms with van der Waals surface area (Å²) in [6, 6.07) is 10.5. The topological polar surface area (TPSA) is 36.6 Å². The summed E-state index contributed by atoms with van der Waals surface area (Å²) in [5, 5.41) is 11.6. The fourth-order valence-corrected chi connectivity index (χ4v) is 3.44. The Morgan fingerprint density at radius 3 is 3.00 bits per heavy atom. The van der Waals surface area contributed by atoms with Crippen LogP contribution < -0.4 is 0 Å². The molecule has 1 aromatic heterocycles. The number of hydrogen-bond donors (Lipinski definition) is 1. The van der Waals surface area contributed by atoms with Gasteiger partial charge >= 0.3 is 0 Å². The van der Waals surface area contributed by atoms with Crippen molar-refractivity contribution in [2.24, 2.45) is 0 Å². The third-order valence-electron chi connectivity index (χ3n) is 4.55. The predicted molar refractivity (Wildman–Crippen MR) is 85.3 cm³/mol. The number of nitrogens with zero attached hydrogens (tertiary/aromatic N) is 1. The summed E-state index contributed by atoms with van der Waals surface area (Å²) in [6.07, 6.45) is 5.74. The van der Waals surface area contributed by atoms with Crippen LogP contribution in [0.3, 0.4) is 0 Å². The van der Waals surface area contributed by atoms with Crippen LogP contribution in [-0.4, -0.2) is 29.1 Å². The summed E-state index contributed by atoms with van der Waals surface area (Å²) in [4.78, 5) is 2.45. The van der Waals surface area contributed by atoms with Crippen LogP contribution in [0.2, 0.25) is 0 Å². The second-order valence-corrected chi connectivity index (χ2v) is 6.14. The van der Waals surface area contributed by atoms with Gasteiger partial charge in [-0.05, 0) is 37.9 Å². The maximum Gasteiger partial charge on any atom is 0.135 e. The lowest BCUT2D eigenvalue weighted by molar-refractivity contribution is 0.0533. The Balaban J connectivity index is 1.70. The van der Waals surface area contributed by atoms with Gasteiger partial charge in [-0.2, -0.15) is 0 Å². The first kappa shape index (κ1) is 14.6. The quantitative estimate of drug-likeness (QED) is 0.898. The summed E-state index contributed by atoms with van der Waals surface area (Å²) in [5.41, 5.74) is 0.857. The average molecular weight is 287 g/mol. The van der Waals surface area contributed by atoms with Gasteiger partial charge in [-0.15, -0.1) is 0 Å². The lowest BCUT2D eigenvalue weighted by Crippen LogP contribution is -2.41. The molecule has 2 atom stereocenters. The Hall–Kier alpha value is -1.32. The molecule has 2 unspecified atom stereocenters. The molecule has 3 nitrogen and oxygen atoms in total. The molecule has 0 bridgehead atoms. The molecule has 1 aromatic carbocycles. The van der Waals surface area contributed by atoms with Crippen LogP contribution in [0.4, 0.5) is 0 Å². The van der Waals surface area contributed by atoms with Crippen LogP contribution in [0.25, 0.3) is 11.0 Å². The first-order valence-electron chi connectivity index (χ1n) is 8.18. The fraction of sp³-hybridized carbons (Fsp3) is 0.556. The highest BCUT2D eigenvalue weighted by molar-refractivity contribution is 5.77. The van der Waals surface area contributed by atoms with E-state index in [0.29, 0.717) is 18.3 Å². The zero-order valence-electron chi connectivity index (χ0n) is 12.8. The molecular formula is C18H25NO2. The maximum atomic E-state index is 10.5. The van der Waals surface area contributed by atoms with Gasteiger partial charge in [0.15, 0.2) is 0 Å². The largest absolute Gasteiger partial charge is 0.458 e. The fourth-order valence-electron chi connectivity index (χ4n) is 3.44. The number of likely N-dealkylation sites (tertiary alicyclic amines) is 1. The van der Waals surface area contributed by atoms with Crippen molar-refractivity contribution in [2.45, 2.75) is 51.2 Å². The van der Waals surface area contributed by atoms with Gasteiger partial charge in [-0.25, -0.2) is 0 Å². The molecule has 1 aliphatic heterocycles. The third-order valence-corrected chi connectivity index (χ3v) is 4.55. The van der Waals surface area contributed by atoms with E-state index in [1.54, 1.807) is 0 Å². The summed E-state index contributed by atoms with van der Waals surface area (Å²) >= 11 is 0. The van der Waals surface area contributed by atoms with Gasteiger partial charge in [0.1, 0.15) is 17.4 Å². The van der Waals surface area contributed by atoms with Crippen molar-refractivity contribution in [3.05, 3.63) is 36.1 Å². The van der Waals surface area contributed by atoms with Crippen molar-refractivity contribution in [2.75, 3.05) is 13.1 Å². The molecule has 3 heteroatoms. The van der Waals surface area contributed by atoms with Crippen LogP contribution in [0, 0.1) is 0 Å². The number of rotatable bonds is 5. The van der Waals surface area contributed by atoms with Crippen molar-refractivity contribution in [3.8, 4) is 0 Å². The molecule has 2 aromatic rings. The first-order valence-corrected chi connectivity index (χ1v) is 8.18. The molecule has 1 N–H and O–H groups in total. The van der Waals surface area contributed by atoms with Gasteiger partial charge in [-0.3, -0.25) is 4.90 Å². The minimum Gasteiger partial charge on any atom is -0.458 e. The normalized spacial score (nSPS) is 21.7. The van der Waals surface area contributed by atoms with Crippen LogP contribution in [0.5, 0.6) is 0 Å². The average Bonchev–Trinajstić information content (AvgIpc) is 2.93. The number of para-hydroxylation sites is 1. The number of hydrogen-bond acceptors (Lipinski definition) is 3. The molecule has 1 fully saturated rings. The second-order valence-electron chi connectivity index (χ2n) is 6.14. The first-order chi connectivity index (χ1) is 10.3. The van der Waals surface area contributed by atoms with E-state index in [2.05, 4.69) is 11.8 Å². The number of furan rings is 1. The van der Waals surface area contributed by atoms with E-state index < -0.39 is 6.10 Å². The van der Waals surface area contributed by atoms with E-state index in [0.717, 1.165) is 17.5 Å². The number of fused-ring (bicyclic) bond motifs is 1. The van der Waals surface area contributed by atoms with E-state index >= 15 is 0 Å². The highest BCUT2D eigenvalue weighted by atomic mass is 16.4. The highest BCUT2D eigenvalue weighted by Crippen LogP contribution is 2.27. The summed E-state index contributed by atoms with van der Waals surface area (Å²) in [7, 11) is 0. The molecule has 3 rings (SSSR count). The van der Waals surface area contributed by atoms with E-state index in [9.17, 15) is 5.11 Å². The summed E-state index contributed by atoms with van der Waals surface area (Å²) < 4.78 is 5.79. The predicted octanol–water partition coefficient (Wildman–Crippen LogP) is 4.12. The molecule has 0 aliphatic carbocycles. The second kappa shape index (κ2) is 6.63. The van der Waals surface area contributed by atoms with Crippen molar-refractivity contribution >= 4 is 11.0 Å². The van der Waals surface area contributed by atoms with Gasteiger partial charge in [0.25, 0.3) is 0 Å². The standard InChI is InChI=1S/C18H25NO2/c1-2-7-15-9-5-6-11-19(15)13-16(20)18-12-14-8-3-4-10-17(14)21-18/h3-4,8,10,12,15-16,20H,2,5-7,9,11,13H2,1H3. The number of aliphatic hydroxyl groups is 1. The monoisotopic (exact) mass is 287 g/mol. The van der Waals surface area contributed by atoms with E-state index in [1.165, 1.54) is 32.1 Å². The van der Waals surface area contributed by atoms with Gasteiger partial charge in [0, 0.05) is 18.0 Å². The van der Waals surface area contributed by atoms with E-state index in [-0.39, 0.29) is 0 Å². The zero-order chi connectivity index (χ0) is 14.7. The lowest BCUT2D eigenvalue weighted by Gasteiger charge is -2.36. The molecule has 21 heavy (non-hydrogen) atoms. The molecule has 1 aliphatic rings. The Morgan fingerprint density at radius 1 is 1.33 bits per heavy atom. The Morgan fingerprint density at radius 2 is 2.19 bits per heavy atom. The highest BCUT2D eigenvalue weighted by Gasteiger charge is 2.25. The van der Waals surface area contributed by atoms with Crippen molar-refractivity contribution in [1.29, 1.82) is 0 Å². The molecule has 0 radical (unpaired) electrons. The maximum absolute atomic E-state index is 10.5. The Labute approximate surface area is 126 Å². The number of aliphatic hydroxyl groups excluding tert-OH is 1. The molecule has 0 saturated carbocycles. The summed E-state index contributed by atoms with van der Waals surface area (Å²) in [5.74, 6) is 0.692. The summed E-state index contributed by atoms with van der Waals surface area (Å²) in [6.45, 7) is 4.02. The van der Waals surface area contributed by atoms with Crippen molar-refractivity contribution < 1.29 is 9.52 Å². The molecule has 0 amide bonds. The smallest absolute Gasteiger partial charge is 0.135 e. The molecule has 1 saturated heterocycles. The van der Waals surface area contributed by atoms with Crippen LogP contribution in [0.1, 0.15) is 50.9 Å². The lowest BCUT2D eigenvalue weighted by atomic mass is 9.97. The number of piperidine rings is 1. The van der Waals surface area contributed by atoms with Gasteiger partial charge in [-0.1, -0.05) is 38.0 Å². The molecular weight excluding hydrogens is 262 g/mol.